The fourth-order valence-corrected chi connectivity index (χ4v) is 4.22. The molecule has 3 aromatic rings. The van der Waals surface area contributed by atoms with Crippen LogP contribution in [0, 0.1) is 11.3 Å². The van der Waals surface area contributed by atoms with Gasteiger partial charge in [-0.1, -0.05) is 54.2 Å². The van der Waals surface area contributed by atoms with Crippen molar-refractivity contribution in [2.75, 3.05) is 12.3 Å². The van der Waals surface area contributed by atoms with Gasteiger partial charge in [-0.05, 0) is 17.7 Å². The van der Waals surface area contributed by atoms with Crippen molar-refractivity contribution in [3.8, 4) is 6.07 Å². The molecule has 0 spiro atoms. The van der Waals surface area contributed by atoms with Crippen LogP contribution in [-0.2, 0) is 11.3 Å². The number of para-hydroxylation sites is 1. The number of aromatic nitrogens is 1. The van der Waals surface area contributed by atoms with Crippen LogP contribution in [-0.4, -0.2) is 28.1 Å². The number of rotatable bonds is 6. The SMILES string of the molecule is N#CCN(Cc1ccccc1)C(=O)CSc1nc2ccccc2s1. The Kier molecular flexibility index (Phi) is 5.47. The summed E-state index contributed by atoms with van der Waals surface area (Å²) in [6, 6.07) is 19.7. The largest absolute Gasteiger partial charge is 0.324 e. The summed E-state index contributed by atoms with van der Waals surface area (Å²) < 4.78 is 1.99. The van der Waals surface area contributed by atoms with Crippen molar-refractivity contribution < 1.29 is 4.79 Å². The van der Waals surface area contributed by atoms with Gasteiger partial charge in [0.1, 0.15) is 6.54 Å². The van der Waals surface area contributed by atoms with Crippen LogP contribution in [0.15, 0.2) is 58.9 Å². The van der Waals surface area contributed by atoms with Gasteiger partial charge in [0.25, 0.3) is 0 Å². The van der Waals surface area contributed by atoms with Gasteiger partial charge in [0.15, 0.2) is 4.34 Å². The molecule has 120 valence electrons. The quantitative estimate of drug-likeness (QED) is 0.497. The molecule has 0 N–H and O–H groups in total. The molecule has 0 saturated carbocycles. The summed E-state index contributed by atoms with van der Waals surface area (Å²) in [6.07, 6.45) is 0. The van der Waals surface area contributed by atoms with Gasteiger partial charge in [-0.3, -0.25) is 4.79 Å². The minimum atomic E-state index is -0.0512. The summed E-state index contributed by atoms with van der Waals surface area (Å²) in [5, 5.41) is 8.98. The maximum absolute atomic E-state index is 12.5. The van der Waals surface area contributed by atoms with Crippen molar-refractivity contribution in [3.63, 3.8) is 0 Å². The fourth-order valence-electron chi connectivity index (χ4n) is 2.25. The Morgan fingerprint density at radius 3 is 2.67 bits per heavy atom. The number of fused-ring (bicyclic) bond motifs is 1. The first kappa shape index (κ1) is 16.5. The highest BCUT2D eigenvalue weighted by atomic mass is 32.2. The molecule has 0 fully saturated rings. The highest BCUT2D eigenvalue weighted by molar-refractivity contribution is 8.01. The van der Waals surface area contributed by atoms with Crippen molar-refractivity contribution in [2.45, 2.75) is 10.9 Å². The van der Waals surface area contributed by atoms with E-state index in [2.05, 4.69) is 11.1 Å². The van der Waals surface area contributed by atoms with Crippen LogP contribution >= 0.6 is 23.1 Å². The Hall–Kier alpha value is -2.36. The zero-order chi connectivity index (χ0) is 16.8. The molecule has 0 aliphatic carbocycles. The molecule has 0 atom stereocenters. The number of nitrogens with zero attached hydrogens (tertiary/aromatic N) is 3. The minimum absolute atomic E-state index is 0.0512. The third-order valence-corrected chi connectivity index (χ3v) is 5.59. The van der Waals surface area contributed by atoms with Crippen molar-refractivity contribution in [1.82, 2.24) is 9.88 Å². The summed E-state index contributed by atoms with van der Waals surface area (Å²) in [5.74, 6) is 0.235. The number of carbonyl (C=O) groups excluding carboxylic acids is 1. The number of benzene rings is 2. The van der Waals surface area contributed by atoms with Gasteiger partial charge in [0.2, 0.25) is 5.91 Å². The van der Waals surface area contributed by atoms with Gasteiger partial charge in [0, 0.05) is 6.54 Å². The second-order valence-corrected chi connectivity index (χ2v) is 7.38. The van der Waals surface area contributed by atoms with Gasteiger partial charge in [0.05, 0.1) is 22.0 Å². The minimum Gasteiger partial charge on any atom is -0.324 e. The Labute approximate surface area is 148 Å². The third kappa shape index (κ3) is 4.13. The van der Waals surface area contributed by atoms with E-state index in [1.165, 1.54) is 11.8 Å². The lowest BCUT2D eigenvalue weighted by atomic mass is 10.2. The predicted molar refractivity (Wildman–Crippen MR) is 97.8 cm³/mol. The number of thiazole rings is 1. The van der Waals surface area contributed by atoms with Crippen molar-refractivity contribution in [1.29, 1.82) is 5.26 Å². The fraction of sp³-hybridized carbons (Fsp3) is 0.167. The molecule has 0 saturated heterocycles. The van der Waals surface area contributed by atoms with Gasteiger partial charge in [-0.2, -0.15) is 5.26 Å². The van der Waals surface area contributed by atoms with E-state index in [-0.39, 0.29) is 18.2 Å². The molecule has 0 radical (unpaired) electrons. The summed E-state index contributed by atoms with van der Waals surface area (Å²) in [7, 11) is 0. The van der Waals surface area contributed by atoms with E-state index < -0.39 is 0 Å². The molecule has 6 heteroatoms. The normalized spacial score (nSPS) is 10.5. The van der Waals surface area contributed by atoms with Crippen molar-refractivity contribution in [3.05, 3.63) is 60.2 Å². The molecule has 3 rings (SSSR count). The van der Waals surface area contributed by atoms with Crippen LogP contribution in [0.3, 0.4) is 0 Å². The number of hydrogen-bond acceptors (Lipinski definition) is 5. The van der Waals surface area contributed by atoms with E-state index in [1.54, 1.807) is 16.2 Å². The second kappa shape index (κ2) is 7.95. The molecule has 0 unspecified atom stereocenters. The lowest BCUT2D eigenvalue weighted by Crippen LogP contribution is -2.32. The molecular weight excluding hydrogens is 338 g/mol. The molecule has 1 heterocycles. The number of amides is 1. The first-order valence-electron chi connectivity index (χ1n) is 7.43. The van der Waals surface area contributed by atoms with E-state index in [0.29, 0.717) is 6.54 Å². The lowest BCUT2D eigenvalue weighted by molar-refractivity contribution is -0.128. The highest BCUT2D eigenvalue weighted by Crippen LogP contribution is 2.29. The maximum Gasteiger partial charge on any atom is 0.234 e. The van der Waals surface area contributed by atoms with E-state index >= 15 is 0 Å². The van der Waals surface area contributed by atoms with Gasteiger partial charge >= 0.3 is 0 Å². The Morgan fingerprint density at radius 2 is 1.92 bits per heavy atom. The van der Waals surface area contributed by atoms with E-state index in [0.717, 1.165) is 20.1 Å². The van der Waals surface area contributed by atoms with Crippen LogP contribution in [0.1, 0.15) is 5.56 Å². The second-order valence-electron chi connectivity index (χ2n) is 5.13. The standard InChI is InChI=1S/C18H15N3OS2/c19-10-11-21(12-14-6-2-1-3-7-14)17(22)13-23-18-20-15-8-4-5-9-16(15)24-18/h1-9H,11-13H2. The molecule has 1 amide bonds. The first-order chi connectivity index (χ1) is 11.8. The average molecular weight is 353 g/mol. The van der Waals surface area contributed by atoms with Crippen LogP contribution in [0.5, 0.6) is 0 Å². The molecule has 1 aromatic heterocycles. The van der Waals surface area contributed by atoms with Gasteiger partial charge in [-0.25, -0.2) is 4.98 Å². The molecule has 0 bridgehead atoms. The zero-order valence-electron chi connectivity index (χ0n) is 12.9. The molecule has 0 aliphatic heterocycles. The Morgan fingerprint density at radius 1 is 1.17 bits per heavy atom. The Bertz CT molecular complexity index is 838. The molecular formula is C18H15N3OS2. The van der Waals surface area contributed by atoms with E-state index in [4.69, 9.17) is 5.26 Å². The number of carbonyl (C=O) groups is 1. The van der Waals surface area contributed by atoms with Gasteiger partial charge < -0.3 is 4.90 Å². The number of nitriles is 1. The van der Waals surface area contributed by atoms with Crippen molar-refractivity contribution >= 4 is 39.2 Å². The van der Waals surface area contributed by atoms with E-state index in [1.807, 2.05) is 54.6 Å². The number of thioether (sulfide) groups is 1. The molecule has 2 aromatic carbocycles. The topological polar surface area (TPSA) is 57.0 Å². The smallest absolute Gasteiger partial charge is 0.234 e. The third-order valence-electron chi connectivity index (χ3n) is 3.42. The number of hydrogen-bond donors (Lipinski definition) is 0. The average Bonchev–Trinajstić information content (AvgIpc) is 3.03. The van der Waals surface area contributed by atoms with Crippen LogP contribution in [0.4, 0.5) is 0 Å². The van der Waals surface area contributed by atoms with Crippen LogP contribution in [0.2, 0.25) is 0 Å². The molecule has 4 nitrogen and oxygen atoms in total. The summed E-state index contributed by atoms with van der Waals surface area (Å²) in [6.45, 7) is 0.543. The summed E-state index contributed by atoms with van der Waals surface area (Å²) >= 11 is 3.01. The van der Waals surface area contributed by atoms with E-state index in [9.17, 15) is 4.79 Å². The predicted octanol–water partition coefficient (Wildman–Crippen LogP) is 3.94. The Balaban J connectivity index is 1.63. The highest BCUT2D eigenvalue weighted by Gasteiger charge is 2.15. The molecule has 0 aliphatic rings. The van der Waals surface area contributed by atoms with Crippen LogP contribution < -0.4 is 0 Å². The summed E-state index contributed by atoms with van der Waals surface area (Å²) in [5.41, 5.74) is 1.97. The maximum atomic E-state index is 12.5. The van der Waals surface area contributed by atoms with Gasteiger partial charge in [-0.15, -0.1) is 11.3 Å². The van der Waals surface area contributed by atoms with Crippen LogP contribution in [0.25, 0.3) is 10.2 Å². The monoisotopic (exact) mass is 353 g/mol. The zero-order valence-corrected chi connectivity index (χ0v) is 14.5. The molecule has 24 heavy (non-hydrogen) atoms. The first-order valence-corrected chi connectivity index (χ1v) is 9.23. The lowest BCUT2D eigenvalue weighted by Gasteiger charge is -2.19. The van der Waals surface area contributed by atoms with Crippen molar-refractivity contribution in [2.24, 2.45) is 0 Å². The summed E-state index contributed by atoms with van der Waals surface area (Å²) in [4.78, 5) is 18.6.